The zero-order valence-electron chi connectivity index (χ0n) is 21.2. The molecule has 1 fully saturated rings. The number of carbonyl (C=O) groups excluding carboxylic acids is 1. The van der Waals surface area contributed by atoms with Crippen molar-refractivity contribution in [3.05, 3.63) is 76.1 Å². The number of aromatic nitrogens is 4. The van der Waals surface area contributed by atoms with Crippen molar-refractivity contribution in [2.45, 2.75) is 55.0 Å². The fourth-order valence-corrected chi connectivity index (χ4v) is 5.56. The van der Waals surface area contributed by atoms with Crippen LogP contribution in [0.4, 0.5) is 5.69 Å². The Kier molecular flexibility index (Phi) is 8.34. The number of piperidine rings is 1. The van der Waals surface area contributed by atoms with Crippen molar-refractivity contribution in [1.82, 2.24) is 25.1 Å². The van der Waals surface area contributed by atoms with Gasteiger partial charge in [0.15, 0.2) is 12.6 Å². The average molecular weight is 523 g/mol. The molecule has 0 aliphatic carbocycles. The second-order valence-electron chi connectivity index (χ2n) is 9.24. The summed E-state index contributed by atoms with van der Waals surface area (Å²) in [5.74, 6) is 0.547. The van der Waals surface area contributed by atoms with E-state index < -0.39 is 4.92 Å². The SMILES string of the molecule is C=C(C(=O)N1CCCC(c2nnn(COC)n2)C1)c1ccc(Sc2ccccc2C(C)C)c([N+](=O)[O-])c1. The van der Waals surface area contributed by atoms with Crippen LogP contribution in [0.1, 0.15) is 55.5 Å². The smallest absolute Gasteiger partial charge is 0.283 e. The van der Waals surface area contributed by atoms with Crippen molar-refractivity contribution >= 4 is 28.9 Å². The van der Waals surface area contributed by atoms with E-state index in [4.69, 9.17) is 4.74 Å². The highest BCUT2D eigenvalue weighted by molar-refractivity contribution is 7.99. The predicted octanol–water partition coefficient (Wildman–Crippen LogP) is 4.88. The first-order valence-electron chi connectivity index (χ1n) is 12.1. The molecule has 0 bridgehead atoms. The summed E-state index contributed by atoms with van der Waals surface area (Å²) in [6, 6.07) is 12.8. The molecule has 10 nitrogen and oxygen atoms in total. The molecule has 0 N–H and O–H groups in total. The quantitative estimate of drug-likeness (QED) is 0.222. The van der Waals surface area contributed by atoms with Crippen LogP contribution in [-0.4, -0.2) is 56.1 Å². The summed E-state index contributed by atoms with van der Waals surface area (Å²) in [5.41, 5.74) is 1.73. The largest absolute Gasteiger partial charge is 0.361 e. The number of carbonyl (C=O) groups is 1. The van der Waals surface area contributed by atoms with Crippen LogP contribution in [0.15, 0.2) is 58.8 Å². The minimum atomic E-state index is -0.409. The van der Waals surface area contributed by atoms with Gasteiger partial charge in [-0.2, -0.15) is 0 Å². The molecule has 3 aromatic rings. The highest BCUT2D eigenvalue weighted by Crippen LogP contribution is 2.39. The van der Waals surface area contributed by atoms with E-state index in [0.29, 0.717) is 29.4 Å². The Morgan fingerprint density at radius 3 is 2.78 bits per heavy atom. The molecule has 0 saturated carbocycles. The minimum Gasteiger partial charge on any atom is -0.361 e. The van der Waals surface area contributed by atoms with E-state index in [1.165, 1.54) is 22.6 Å². The van der Waals surface area contributed by atoms with Gasteiger partial charge >= 0.3 is 0 Å². The number of nitrogens with zero attached hydrogens (tertiary/aromatic N) is 6. The molecule has 1 aromatic heterocycles. The summed E-state index contributed by atoms with van der Waals surface area (Å²) >= 11 is 1.36. The van der Waals surface area contributed by atoms with Crippen molar-refractivity contribution in [1.29, 1.82) is 0 Å². The van der Waals surface area contributed by atoms with Crippen LogP contribution in [0, 0.1) is 10.1 Å². The number of ether oxygens (including phenoxy) is 1. The standard InChI is InChI=1S/C26H30N6O4S/c1-17(2)21-9-5-6-10-23(21)37-24-12-11-19(14-22(24)32(34)35)18(3)26(33)30-13-7-8-20(15-30)25-27-29-31(28-25)16-36-4/h5-6,9-12,14,17,20H,3,7-8,13,15-16H2,1-2,4H3. The minimum absolute atomic E-state index is 0.0505. The van der Waals surface area contributed by atoms with Crippen LogP contribution in [0.25, 0.3) is 5.57 Å². The summed E-state index contributed by atoms with van der Waals surface area (Å²) in [5, 5.41) is 24.4. The normalized spacial score (nSPS) is 15.7. The van der Waals surface area contributed by atoms with Crippen molar-refractivity contribution in [3.8, 4) is 0 Å². The maximum absolute atomic E-state index is 13.3. The van der Waals surface area contributed by atoms with Gasteiger partial charge in [0, 0.05) is 42.7 Å². The van der Waals surface area contributed by atoms with Crippen molar-refractivity contribution in [2.24, 2.45) is 0 Å². The van der Waals surface area contributed by atoms with Crippen molar-refractivity contribution in [3.63, 3.8) is 0 Å². The van der Waals surface area contributed by atoms with Gasteiger partial charge in [-0.3, -0.25) is 14.9 Å². The summed E-state index contributed by atoms with van der Waals surface area (Å²) < 4.78 is 5.02. The summed E-state index contributed by atoms with van der Waals surface area (Å²) in [7, 11) is 1.55. The second kappa shape index (κ2) is 11.7. The molecule has 11 heteroatoms. The molecular formula is C26H30N6O4S. The molecule has 2 aromatic carbocycles. The Morgan fingerprint density at radius 2 is 2.05 bits per heavy atom. The molecule has 1 unspecified atom stereocenters. The van der Waals surface area contributed by atoms with Crippen LogP contribution in [0.3, 0.4) is 0 Å². The topological polar surface area (TPSA) is 116 Å². The maximum atomic E-state index is 13.3. The van der Waals surface area contributed by atoms with E-state index in [0.717, 1.165) is 23.3 Å². The van der Waals surface area contributed by atoms with Gasteiger partial charge in [-0.05, 0) is 47.2 Å². The number of rotatable bonds is 9. The Balaban J connectivity index is 1.52. The number of amides is 1. The van der Waals surface area contributed by atoms with Gasteiger partial charge in [0.2, 0.25) is 0 Å². The molecule has 1 amide bonds. The lowest BCUT2D eigenvalue weighted by atomic mass is 9.96. The molecule has 0 radical (unpaired) electrons. The Morgan fingerprint density at radius 1 is 1.27 bits per heavy atom. The van der Waals surface area contributed by atoms with Gasteiger partial charge in [0.05, 0.1) is 9.82 Å². The number of benzene rings is 2. The van der Waals surface area contributed by atoms with Crippen LogP contribution in [-0.2, 0) is 16.3 Å². The third kappa shape index (κ3) is 6.05. The summed E-state index contributed by atoms with van der Waals surface area (Å²) in [4.78, 5) is 29.4. The molecule has 1 aliphatic heterocycles. The van der Waals surface area contributed by atoms with Crippen LogP contribution in [0.2, 0.25) is 0 Å². The fraction of sp³-hybridized carbons (Fsp3) is 0.385. The van der Waals surface area contributed by atoms with Crippen molar-refractivity contribution in [2.75, 3.05) is 20.2 Å². The molecule has 37 heavy (non-hydrogen) atoms. The summed E-state index contributed by atoms with van der Waals surface area (Å²) in [6.07, 6.45) is 1.62. The van der Waals surface area contributed by atoms with Crippen LogP contribution < -0.4 is 0 Å². The van der Waals surface area contributed by atoms with E-state index in [1.54, 1.807) is 24.1 Å². The second-order valence-corrected chi connectivity index (χ2v) is 10.3. The predicted molar refractivity (Wildman–Crippen MR) is 140 cm³/mol. The number of nitro groups is 1. The molecule has 194 valence electrons. The first-order chi connectivity index (χ1) is 17.8. The van der Waals surface area contributed by atoms with Gasteiger partial charge in [-0.15, -0.1) is 15.0 Å². The van der Waals surface area contributed by atoms with E-state index >= 15 is 0 Å². The lowest BCUT2D eigenvalue weighted by molar-refractivity contribution is -0.387. The number of nitro benzene ring substituents is 1. The molecule has 1 aliphatic rings. The number of methoxy groups -OCH3 is 1. The number of hydrogen-bond acceptors (Lipinski definition) is 8. The molecule has 0 spiro atoms. The highest BCUT2D eigenvalue weighted by atomic mass is 32.2. The summed E-state index contributed by atoms with van der Waals surface area (Å²) in [6.45, 7) is 9.38. The van der Waals surface area contributed by atoms with E-state index in [9.17, 15) is 14.9 Å². The van der Waals surface area contributed by atoms with Gasteiger partial charge in [-0.1, -0.05) is 56.5 Å². The lowest BCUT2D eigenvalue weighted by Crippen LogP contribution is -2.39. The molecular weight excluding hydrogens is 492 g/mol. The van der Waals surface area contributed by atoms with Gasteiger partial charge in [-0.25, -0.2) is 0 Å². The van der Waals surface area contributed by atoms with Gasteiger partial charge < -0.3 is 9.64 Å². The number of hydrogen-bond donors (Lipinski definition) is 0. The Bertz CT molecular complexity index is 1310. The van der Waals surface area contributed by atoms with Crippen LogP contribution >= 0.6 is 11.8 Å². The number of likely N-dealkylation sites (tertiary alicyclic amines) is 1. The molecule has 2 heterocycles. The maximum Gasteiger partial charge on any atom is 0.283 e. The zero-order chi connectivity index (χ0) is 26.5. The lowest BCUT2D eigenvalue weighted by Gasteiger charge is -2.31. The van der Waals surface area contributed by atoms with Crippen molar-refractivity contribution < 1.29 is 14.5 Å². The van der Waals surface area contributed by atoms with Gasteiger partial charge in [0.1, 0.15) is 0 Å². The van der Waals surface area contributed by atoms with E-state index in [-0.39, 0.29) is 35.7 Å². The fourth-order valence-electron chi connectivity index (χ4n) is 4.38. The first-order valence-corrected chi connectivity index (χ1v) is 12.9. The molecule has 1 saturated heterocycles. The molecule has 4 rings (SSSR count). The van der Waals surface area contributed by atoms with Crippen LogP contribution in [0.5, 0.6) is 0 Å². The first kappa shape index (κ1) is 26.5. The monoisotopic (exact) mass is 522 g/mol. The molecule has 1 atom stereocenters. The highest BCUT2D eigenvalue weighted by Gasteiger charge is 2.30. The number of tetrazole rings is 1. The van der Waals surface area contributed by atoms with E-state index in [1.807, 2.05) is 24.3 Å². The van der Waals surface area contributed by atoms with Gasteiger partial charge in [0.25, 0.3) is 11.6 Å². The Hall–Kier alpha value is -3.57. The zero-order valence-corrected chi connectivity index (χ0v) is 22.0. The third-order valence-corrected chi connectivity index (χ3v) is 7.47. The Labute approximate surface area is 219 Å². The average Bonchev–Trinajstić information content (AvgIpc) is 3.37. The van der Waals surface area contributed by atoms with E-state index in [2.05, 4.69) is 35.8 Å². The third-order valence-electron chi connectivity index (χ3n) is 6.31.